The molecule has 9 nitrogen and oxygen atoms in total. The summed E-state index contributed by atoms with van der Waals surface area (Å²) in [5, 5.41) is 18.4. The minimum Gasteiger partial charge on any atom is -0.351 e. The van der Waals surface area contributed by atoms with Crippen LogP contribution in [-0.4, -0.2) is 42.6 Å². The Morgan fingerprint density at radius 2 is 2.23 bits per heavy atom. The molecule has 0 radical (unpaired) electrons. The van der Waals surface area contributed by atoms with Crippen LogP contribution in [0.4, 0.5) is 0 Å². The normalized spacial score (nSPS) is 11.2. The van der Waals surface area contributed by atoms with Gasteiger partial charge in [-0.3, -0.25) is 4.79 Å². The largest absolute Gasteiger partial charge is 0.351 e. The summed E-state index contributed by atoms with van der Waals surface area (Å²) >= 11 is 7.52. The predicted molar refractivity (Wildman–Crippen MR) is 112 cm³/mol. The molecule has 4 aromatic heterocycles. The van der Waals surface area contributed by atoms with E-state index in [0.29, 0.717) is 41.2 Å². The number of hydrogen-bond acceptors (Lipinski definition) is 7. The maximum Gasteiger partial charge on any atom is 0.280 e. The van der Waals surface area contributed by atoms with Crippen LogP contribution in [0.2, 0.25) is 5.02 Å². The number of carbonyl (C=O) groups excluding carboxylic acids is 1. The third kappa shape index (κ3) is 3.70. The molecule has 1 amide bonds. The second-order valence-corrected chi connectivity index (χ2v) is 7.82. The number of fused-ring (bicyclic) bond motifs is 1. The van der Waals surface area contributed by atoms with Gasteiger partial charge in [-0.2, -0.15) is 4.98 Å². The van der Waals surface area contributed by atoms with Crippen LogP contribution in [-0.2, 0) is 6.54 Å². The summed E-state index contributed by atoms with van der Waals surface area (Å²) < 4.78 is 6.88. The Kier molecular flexibility index (Phi) is 4.77. The lowest BCUT2D eigenvalue weighted by atomic mass is 10.2. The number of rotatable bonds is 6. The smallest absolute Gasteiger partial charge is 0.280 e. The molecule has 0 aliphatic rings. The van der Waals surface area contributed by atoms with E-state index < -0.39 is 0 Å². The number of H-pyrrole nitrogens is 1. The molecule has 5 aromatic rings. The Morgan fingerprint density at radius 3 is 3.10 bits per heavy atom. The Bertz CT molecular complexity index is 1320. The van der Waals surface area contributed by atoms with Gasteiger partial charge < -0.3 is 14.8 Å². The average molecular weight is 440 g/mol. The number of halogens is 1. The summed E-state index contributed by atoms with van der Waals surface area (Å²) in [6, 6.07) is 11.0. The summed E-state index contributed by atoms with van der Waals surface area (Å²) in [6.07, 6.45) is 1.70. The molecule has 4 heterocycles. The summed E-state index contributed by atoms with van der Waals surface area (Å²) in [5.74, 6) is 0.604. The Balaban J connectivity index is 1.20. The molecule has 2 N–H and O–H groups in total. The van der Waals surface area contributed by atoms with Crippen molar-refractivity contribution in [3.63, 3.8) is 0 Å². The van der Waals surface area contributed by atoms with Gasteiger partial charge in [0.25, 0.3) is 11.8 Å². The SMILES string of the molecule is O=C(NCCn1cc(-c2nc(-c3cccs3)no2)nn1)c1cc2cc(Cl)ccc2[nH]1. The van der Waals surface area contributed by atoms with E-state index in [1.54, 1.807) is 23.0 Å². The average Bonchev–Trinajstić information content (AvgIpc) is 3.53. The van der Waals surface area contributed by atoms with Crippen LogP contribution in [0.5, 0.6) is 0 Å². The van der Waals surface area contributed by atoms with Crippen molar-refractivity contribution in [2.75, 3.05) is 6.54 Å². The number of nitrogens with zero attached hydrogens (tertiary/aromatic N) is 5. The second kappa shape index (κ2) is 7.73. The van der Waals surface area contributed by atoms with Gasteiger partial charge in [-0.15, -0.1) is 16.4 Å². The van der Waals surface area contributed by atoms with Crippen LogP contribution < -0.4 is 5.32 Å². The molecule has 0 fully saturated rings. The molecule has 0 saturated heterocycles. The highest BCUT2D eigenvalue weighted by Gasteiger charge is 2.15. The number of carbonyl (C=O) groups is 1. The van der Waals surface area contributed by atoms with Crippen molar-refractivity contribution in [1.29, 1.82) is 0 Å². The van der Waals surface area contributed by atoms with Gasteiger partial charge in [0.1, 0.15) is 5.69 Å². The highest BCUT2D eigenvalue weighted by molar-refractivity contribution is 7.13. The molecular weight excluding hydrogens is 426 g/mol. The number of nitrogens with one attached hydrogen (secondary N) is 2. The van der Waals surface area contributed by atoms with E-state index in [2.05, 4.69) is 30.8 Å². The third-order valence-corrected chi connectivity index (χ3v) is 5.48. The second-order valence-electron chi connectivity index (χ2n) is 6.44. The van der Waals surface area contributed by atoms with Crippen molar-refractivity contribution in [2.24, 2.45) is 0 Å². The minimum atomic E-state index is -0.208. The number of hydrogen-bond donors (Lipinski definition) is 2. The van der Waals surface area contributed by atoms with Gasteiger partial charge in [-0.05, 0) is 35.7 Å². The van der Waals surface area contributed by atoms with Gasteiger partial charge in [0, 0.05) is 22.5 Å². The van der Waals surface area contributed by atoms with Gasteiger partial charge in [0.2, 0.25) is 5.82 Å². The van der Waals surface area contributed by atoms with Gasteiger partial charge in [0.05, 0.1) is 17.6 Å². The van der Waals surface area contributed by atoms with Crippen molar-refractivity contribution in [1.82, 2.24) is 35.4 Å². The topological polar surface area (TPSA) is 115 Å². The van der Waals surface area contributed by atoms with E-state index in [1.165, 1.54) is 11.3 Å². The Labute approximate surface area is 178 Å². The van der Waals surface area contributed by atoms with Crippen molar-refractivity contribution >= 4 is 39.7 Å². The van der Waals surface area contributed by atoms with E-state index in [4.69, 9.17) is 16.1 Å². The lowest BCUT2D eigenvalue weighted by Gasteiger charge is -2.03. The van der Waals surface area contributed by atoms with Crippen LogP contribution in [0.15, 0.2) is 52.5 Å². The molecule has 5 rings (SSSR count). The maximum atomic E-state index is 12.4. The van der Waals surface area contributed by atoms with Crippen LogP contribution in [0, 0.1) is 0 Å². The fourth-order valence-electron chi connectivity index (χ4n) is 2.94. The zero-order valence-electron chi connectivity index (χ0n) is 15.4. The van der Waals surface area contributed by atoms with Gasteiger partial charge >= 0.3 is 0 Å². The van der Waals surface area contributed by atoms with Gasteiger partial charge in [-0.1, -0.05) is 28.0 Å². The molecule has 0 aliphatic heterocycles. The van der Waals surface area contributed by atoms with E-state index in [0.717, 1.165) is 15.8 Å². The van der Waals surface area contributed by atoms with E-state index >= 15 is 0 Å². The predicted octanol–water partition coefficient (Wildman–Crippen LogP) is 3.62. The van der Waals surface area contributed by atoms with Crippen LogP contribution in [0.3, 0.4) is 0 Å². The molecule has 30 heavy (non-hydrogen) atoms. The Hall–Kier alpha value is -3.50. The fraction of sp³-hybridized carbons (Fsp3) is 0.105. The molecule has 0 atom stereocenters. The highest BCUT2D eigenvalue weighted by atomic mass is 35.5. The monoisotopic (exact) mass is 439 g/mol. The number of amides is 1. The summed E-state index contributed by atoms with van der Waals surface area (Å²) in [5.41, 5.74) is 1.80. The first kappa shape index (κ1) is 18.5. The summed E-state index contributed by atoms with van der Waals surface area (Å²) in [6.45, 7) is 0.818. The lowest BCUT2D eigenvalue weighted by molar-refractivity contribution is 0.0947. The molecule has 150 valence electrons. The minimum absolute atomic E-state index is 0.208. The molecular formula is C19H14ClN7O2S. The molecule has 11 heteroatoms. The van der Waals surface area contributed by atoms with Gasteiger partial charge in [-0.25, -0.2) is 4.68 Å². The number of aromatic amines is 1. The van der Waals surface area contributed by atoms with Crippen LogP contribution in [0.1, 0.15) is 10.5 Å². The molecule has 0 unspecified atom stereocenters. The van der Waals surface area contributed by atoms with E-state index in [1.807, 2.05) is 29.6 Å². The van der Waals surface area contributed by atoms with E-state index in [9.17, 15) is 4.79 Å². The van der Waals surface area contributed by atoms with Crippen LogP contribution >= 0.6 is 22.9 Å². The first-order valence-corrected chi connectivity index (χ1v) is 10.3. The molecule has 0 bridgehead atoms. The van der Waals surface area contributed by atoms with Crippen molar-refractivity contribution in [3.8, 4) is 22.3 Å². The highest BCUT2D eigenvalue weighted by Crippen LogP contribution is 2.24. The number of thiophene rings is 1. The molecule has 0 saturated carbocycles. The van der Waals surface area contributed by atoms with Crippen molar-refractivity contribution < 1.29 is 9.32 Å². The zero-order valence-corrected chi connectivity index (χ0v) is 16.9. The summed E-state index contributed by atoms with van der Waals surface area (Å²) in [7, 11) is 0. The van der Waals surface area contributed by atoms with Crippen molar-refractivity contribution in [3.05, 3.63) is 58.7 Å². The van der Waals surface area contributed by atoms with Gasteiger partial charge in [0.15, 0.2) is 5.69 Å². The number of aromatic nitrogens is 6. The Morgan fingerprint density at radius 1 is 1.30 bits per heavy atom. The third-order valence-electron chi connectivity index (χ3n) is 4.38. The maximum absolute atomic E-state index is 12.4. The van der Waals surface area contributed by atoms with Crippen molar-refractivity contribution in [2.45, 2.75) is 6.54 Å². The molecule has 0 spiro atoms. The first-order chi connectivity index (χ1) is 14.7. The standard InChI is InChI=1S/C19H14ClN7O2S/c20-12-3-4-13-11(8-12)9-14(22-13)18(28)21-5-6-27-10-15(24-26-27)19-23-17(25-29-19)16-2-1-7-30-16/h1-4,7-10,22H,5-6H2,(H,21,28). The quantitative estimate of drug-likeness (QED) is 0.417. The molecule has 1 aromatic carbocycles. The number of benzene rings is 1. The molecule has 0 aliphatic carbocycles. The van der Waals surface area contributed by atoms with E-state index in [-0.39, 0.29) is 5.91 Å². The fourth-order valence-corrected chi connectivity index (χ4v) is 3.77. The first-order valence-electron chi connectivity index (χ1n) is 9.00. The van der Waals surface area contributed by atoms with Crippen LogP contribution in [0.25, 0.3) is 33.2 Å². The summed E-state index contributed by atoms with van der Waals surface area (Å²) in [4.78, 5) is 20.7. The zero-order chi connectivity index (χ0) is 20.5. The lowest BCUT2D eigenvalue weighted by Crippen LogP contribution is -2.27.